The number of benzene rings is 1. The lowest BCUT2D eigenvalue weighted by Gasteiger charge is -2.29. The van der Waals surface area contributed by atoms with Gasteiger partial charge in [-0.15, -0.1) is 0 Å². The largest absolute Gasteiger partial charge is 0.397 e. The molecule has 0 amide bonds. The van der Waals surface area contributed by atoms with Gasteiger partial charge in [0.25, 0.3) is 0 Å². The Bertz CT molecular complexity index is 447. The Labute approximate surface area is 108 Å². The Morgan fingerprint density at radius 3 is 2.78 bits per heavy atom. The molecule has 0 atom stereocenters. The summed E-state index contributed by atoms with van der Waals surface area (Å²) in [6.45, 7) is 2.71. The third-order valence-corrected chi connectivity index (χ3v) is 3.44. The number of rotatable bonds is 3. The molecule has 1 heterocycles. The molecule has 1 saturated heterocycles. The molecule has 1 aromatic rings. The summed E-state index contributed by atoms with van der Waals surface area (Å²) in [7, 11) is 2.05. The zero-order chi connectivity index (χ0) is 13.0. The van der Waals surface area contributed by atoms with Crippen LogP contribution in [0.4, 0.5) is 11.4 Å². The summed E-state index contributed by atoms with van der Waals surface area (Å²) in [4.78, 5) is 2.17. The molecular formula is C14H19N3O. The summed E-state index contributed by atoms with van der Waals surface area (Å²) in [5.41, 5.74) is 8.26. The fraction of sp³-hybridized carbons (Fsp3) is 0.500. The van der Waals surface area contributed by atoms with E-state index in [0.29, 0.717) is 17.2 Å². The first-order chi connectivity index (χ1) is 8.70. The van der Waals surface area contributed by atoms with E-state index in [1.165, 1.54) is 0 Å². The SMILES string of the molecule is CN(CC1CCOCC1)c1ccc(C#N)cc1N. The maximum absolute atomic E-state index is 8.82. The van der Waals surface area contributed by atoms with Crippen molar-refractivity contribution < 1.29 is 4.74 Å². The van der Waals surface area contributed by atoms with Crippen molar-refractivity contribution in [2.75, 3.05) is 37.4 Å². The molecule has 1 aromatic carbocycles. The normalized spacial score (nSPS) is 16.2. The lowest BCUT2D eigenvalue weighted by molar-refractivity contribution is 0.0685. The molecule has 0 spiro atoms. The number of hydrogen-bond donors (Lipinski definition) is 1. The zero-order valence-corrected chi connectivity index (χ0v) is 10.7. The van der Waals surface area contributed by atoms with Crippen LogP contribution in [0.2, 0.25) is 0 Å². The van der Waals surface area contributed by atoms with E-state index in [2.05, 4.69) is 11.0 Å². The Kier molecular flexibility index (Phi) is 4.06. The Balaban J connectivity index is 2.04. The molecule has 96 valence electrons. The van der Waals surface area contributed by atoms with Gasteiger partial charge >= 0.3 is 0 Å². The Hall–Kier alpha value is -1.73. The smallest absolute Gasteiger partial charge is 0.0992 e. The van der Waals surface area contributed by atoms with Gasteiger partial charge in [-0.2, -0.15) is 5.26 Å². The molecule has 18 heavy (non-hydrogen) atoms. The Morgan fingerprint density at radius 2 is 2.17 bits per heavy atom. The molecule has 0 radical (unpaired) electrons. The summed E-state index contributed by atoms with van der Waals surface area (Å²) >= 11 is 0. The number of anilines is 2. The minimum Gasteiger partial charge on any atom is -0.397 e. The molecule has 2 rings (SSSR count). The van der Waals surface area contributed by atoms with Crippen LogP contribution < -0.4 is 10.6 Å². The maximum Gasteiger partial charge on any atom is 0.0992 e. The van der Waals surface area contributed by atoms with E-state index in [9.17, 15) is 0 Å². The number of hydrogen-bond acceptors (Lipinski definition) is 4. The van der Waals surface area contributed by atoms with E-state index in [4.69, 9.17) is 15.7 Å². The molecule has 0 unspecified atom stereocenters. The second kappa shape index (κ2) is 5.74. The monoisotopic (exact) mass is 245 g/mol. The van der Waals surface area contributed by atoms with Gasteiger partial charge in [-0.3, -0.25) is 0 Å². The van der Waals surface area contributed by atoms with Gasteiger partial charge in [0, 0.05) is 26.8 Å². The lowest BCUT2D eigenvalue weighted by Crippen LogP contribution is -2.29. The van der Waals surface area contributed by atoms with Crippen LogP contribution in [0.1, 0.15) is 18.4 Å². The molecule has 0 saturated carbocycles. The van der Waals surface area contributed by atoms with Crippen LogP contribution in [0.5, 0.6) is 0 Å². The molecule has 0 aliphatic carbocycles. The highest BCUT2D eigenvalue weighted by Crippen LogP contribution is 2.25. The van der Waals surface area contributed by atoms with Gasteiger partial charge in [0.05, 0.1) is 23.0 Å². The van der Waals surface area contributed by atoms with Crippen molar-refractivity contribution in [3.05, 3.63) is 23.8 Å². The summed E-state index contributed by atoms with van der Waals surface area (Å²) in [5.74, 6) is 0.666. The first-order valence-electron chi connectivity index (χ1n) is 6.29. The fourth-order valence-electron chi connectivity index (χ4n) is 2.39. The summed E-state index contributed by atoms with van der Waals surface area (Å²) in [6.07, 6.45) is 2.22. The highest BCUT2D eigenvalue weighted by molar-refractivity contribution is 5.69. The molecule has 1 aliphatic heterocycles. The van der Waals surface area contributed by atoms with Crippen molar-refractivity contribution in [2.24, 2.45) is 5.92 Å². The van der Waals surface area contributed by atoms with E-state index in [0.717, 1.165) is 38.3 Å². The van der Waals surface area contributed by atoms with Crippen LogP contribution in [0.3, 0.4) is 0 Å². The van der Waals surface area contributed by atoms with Crippen LogP contribution in [-0.4, -0.2) is 26.8 Å². The number of nitriles is 1. The molecule has 0 bridgehead atoms. The van der Waals surface area contributed by atoms with Crippen molar-refractivity contribution in [2.45, 2.75) is 12.8 Å². The molecule has 4 nitrogen and oxygen atoms in total. The molecule has 1 aliphatic rings. The van der Waals surface area contributed by atoms with E-state index in [1.54, 1.807) is 6.07 Å². The average Bonchev–Trinajstić information content (AvgIpc) is 2.39. The van der Waals surface area contributed by atoms with Gasteiger partial charge in [0.1, 0.15) is 0 Å². The van der Waals surface area contributed by atoms with E-state index in [1.807, 2.05) is 19.2 Å². The van der Waals surface area contributed by atoms with Crippen LogP contribution in [0.15, 0.2) is 18.2 Å². The first kappa shape index (κ1) is 12.7. The topological polar surface area (TPSA) is 62.3 Å². The second-order valence-electron chi connectivity index (χ2n) is 4.82. The van der Waals surface area contributed by atoms with Crippen LogP contribution in [-0.2, 0) is 4.74 Å². The van der Waals surface area contributed by atoms with Gasteiger partial charge in [-0.25, -0.2) is 0 Å². The van der Waals surface area contributed by atoms with Gasteiger partial charge in [0.15, 0.2) is 0 Å². The van der Waals surface area contributed by atoms with Gasteiger partial charge in [-0.1, -0.05) is 0 Å². The highest BCUT2D eigenvalue weighted by Gasteiger charge is 2.17. The minimum absolute atomic E-state index is 0.607. The predicted octanol–water partition coefficient (Wildman–Crippen LogP) is 2.00. The van der Waals surface area contributed by atoms with Crippen LogP contribution in [0.25, 0.3) is 0 Å². The van der Waals surface area contributed by atoms with Gasteiger partial charge < -0.3 is 15.4 Å². The average molecular weight is 245 g/mol. The highest BCUT2D eigenvalue weighted by atomic mass is 16.5. The van der Waals surface area contributed by atoms with Gasteiger partial charge in [0.2, 0.25) is 0 Å². The van der Waals surface area contributed by atoms with Crippen molar-refractivity contribution in [1.82, 2.24) is 0 Å². The zero-order valence-electron chi connectivity index (χ0n) is 10.7. The number of nitrogen functional groups attached to an aromatic ring is 1. The van der Waals surface area contributed by atoms with Gasteiger partial charge in [-0.05, 0) is 37.0 Å². The van der Waals surface area contributed by atoms with Crippen molar-refractivity contribution >= 4 is 11.4 Å². The summed E-state index contributed by atoms with van der Waals surface area (Å²) < 4.78 is 5.36. The Morgan fingerprint density at radius 1 is 1.44 bits per heavy atom. The molecule has 1 fully saturated rings. The number of nitrogens with zero attached hydrogens (tertiary/aromatic N) is 2. The number of ether oxygens (including phenoxy) is 1. The standard InChI is InChI=1S/C14H19N3O/c1-17(10-11-4-6-18-7-5-11)14-3-2-12(9-15)8-13(14)16/h2-3,8,11H,4-7,10,16H2,1H3. The summed E-state index contributed by atoms with van der Waals surface area (Å²) in [5, 5.41) is 8.82. The van der Waals surface area contributed by atoms with E-state index >= 15 is 0 Å². The van der Waals surface area contributed by atoms with Crippen LogP contribution in [0, 0.1) is 17.2 Å². The summed E-state index contributed by atoms with van der Waals surface area (Å²) in [6, 6.07) is 7.57. The van der Waals surface area contributed by atoms with E-state index in [-0.39, 0.29) is 0 Å². The van der Waals surface area contributed by atoms with Crippen molar-refractivity contribution in [3.63, 3.8) is 0 Å². The van der Waals surface area contributed by atoms with Crippen molar-refractivity contribution in [3.8, 4) is 6.07 Å². The second-order valence-corrected chi connectivity index (χ2v) is 4.82. The molecule has 0 aromatic heterocycles. The van der Waals surface area contributed by atoms with Crippen molar-refractivity contribution in [1.29, 1.82) is 5.26 Å². The quantitative estimate of drug-likeness (QED) is 0.827. The lowest BCUT2D eigenvalue weighted by atomic mass is 9.99. The number of nitrogens with two attached hydrogens (primary N) is 1. The predicted molar refractivity (Wildman–Crippen MR) is 72.4 cm³/mol. The third-order valence-electron chi connectivity index (χ3n) is 3.44. The van der Waals surface area contributed by atoms with Crippen LogP contribution >= 0.6 is 0 Å². The first-order valence-corrected chi connectivity index (χ1v) is 6.29. The fourth-order valence-corrected chi connectivity index (χ4v) is 2.39. The minimum atomic E-state index is 0.607. The molecular weight excluding hydrogens is 226 g/mol. The third kappa shape index (κ3) is 2.93. The molecule has 2 N–H and O–H groups in total. The maximum atomic E-state index is 8.82. The molecule has 4 heteroatoms. The van der Waals surface area contributed by atoms with E-state index < -0.39 is 0 Å².